The third-order valence-corrected chi connectivity index (χ3v) is 7.96. The van der Waals surface area contributed by atoms with Gasteiger partial charge in [-0.15, -0.1) is 0 Å². The van der Waals surface area contributed by atoms with E-state index in [0.29, 0.717) is 19.6 Å². The molecule has 2 atom stereocenters. The first-order valence-electron chi connectivity index (χ1n) is 6.93. The molecule has 0 bridgehead atoms. The average molecular weight is 325 g/mol. The zero-order valence-corrected chi connectivity index (χ0v) is 13.4. The molecule has 0 amide bonds. The molecule has 0 radical (unpaired) electrons. The van der Waals surface area contributed by atoms with Crippen molar-refractivity contribution >= 4 is 20.0 Å². The van der Waals surface area contributed by atoms with E-state index >= 15 is 0 Å². The summed E-state index contributed by atoms with van der Waals surface area (Å²) in [6, 6.07) is -0.503. The molecule has 0 aromatic carbocycles. The predicted molar refractivity (Wildman–Crippen MR) is 77.1 cm³/mol. The summed E-state index contributed by atoms with van der Waals surface area (Å²) in [5.41, 5.74) is 5.64. The Morgan fingerprint density at radius 1 is 1.30 bits per heavy atom. The van der Waals surface area contributed by atoms with Gasteiger partial charge in [0.15, 0.2) is 9.84 Å². The van der Waals surface area contributed by atoms with Crippen LogP contribution in [0.5, 0.6) is 0 Å². The summed E-state index contributed by atoms with van der Waals surface area (Å²) in [5.74, 6) is 0.00725. The van der Waals surface area contributed by atoms with Gasteiger partial charge in [0.05, 0.1) is 11.5 Å². The van der Waals surface area contributed by atoms with E-state index in [1.165, 1.54) is 8.61 Å². The van der Waals surface area contributed by atoms with Crippen molar-refractivity contribution in [2.45, 2.75) is 25.8 Å². The van der Waals surface area contributed by atoms with Gasteiger partial charge in [-0.25, -0.2) is 8.42 Å². The molecule has 0 aromatic heterocycles. The molecule has 2 unspecified atom stereocenters. The smallest absolute Gasteiger partial charge is 0.282 e. The van der Waals surface area contributed by atoms with Gasteiger partial charge < -0.3 is 5.73 Å². The molecule has 118 valence electrons. The van der Waals surface area contributed by atoms with Crippen molar-refractivity contribution in [1.29, 1.82) is 0 Å². The summed E-state index contributed by atoms with van der Waals surface area (Å²) < 4.78 is 51.2. The molecule has 7 nitrogen and oxygen atoms in total. The molecule has 0 aliphatic carbocycles. The van der Waals surface area contributed by atoms with E-state index in [0.717, 1.165) is 12.8 Å². The number of hydrogen-bond acceptors (Lipinski definition) is 5. The molecule has 9 heteroatoms. The molecular formula is C11H23N3O4S2. The van der Waals surface area contributed by atoms with Gasteiger partial charge >= 0.3 is 0 Å². The van der Waals surface area contributed by atoms with Crippen LogP contribution in [0.25, 0.3) is 0 Å². The van der Waals surface area contributed by atoms with Crippen molar-refractivity contribution < 1.29 is 16.8 Å². The fraction of sp³-hybridized carbons (Fsp3) is 1.00. The van der Waals surface area contributed by atoms with Crippen LogP contribution in [0.3, 0.4) is 0 Å². The second-order valence-electron chi connectivity index (χ2n) is 5.68. The van der Waals surface area contributed by atoms with Crippen molar-refractivity contribution in [2.24, 2.45) is 11.7 Å². The first-order chi connectivity index (χ1) is 9.26. The third-order valence-electron chi connectivity index (χ3n) is 4.05. The third kappa shape index (κ3) is 3.33. The van der Waals surface area contributed by atoms with E-state index in [-0.39, 0.29) is 24.0 Å². The summed E-state index contributed by atoms with van der Waals surface area (Å²) in [5, 5.41) is 0. The largest absolute Gasteiger partial charge is 0.330 e. The summed E-state index contributed by atoms with van der Waals surface area (Å²) in [6.07, 6.45) is 1.76. The highest BCUT2D eigenvalue weighted by molar-refractivity contribution is 7.91. The second kappa shape index (κ2) is 5.88. The molecular weight excluding hydrogens is 302 g/mol. The zero-order valence-electron chi connectivity index (χ0n) is 11.7. The number of nitrogens with two attached hydrogens (primary N) is 1. The van der Waals surface area contributed by atoms with Gasteiger partial charge in [0.2, 0.25) is 0 Å². The number of hydrogen-bond donors (Lipinski definition) is 1. The first kappa shape index (κ1) is 16.2. The average Bonchev–Trinajstić information content (AvgIpc) is 2.37. The number of piperidine rings is 1. The Kier molecular flexibility index (Phi) is 4.75. The number of nitrogens with zero attached hydrogens (tertiary/aromatic N) is 2. The highest BCUT2D eigenvalue weighted by Gasteiger charge is 2.40. The Morgan fingerprint density at radius 3 is 2.60 bits per heavy atom. The maximum absolute atomic E-state index is 12.6. The van der Waals surface area contributed by atoms with Crippen LogP contribution in [0.1, 0.15) is 19.8 Å². The highest BCUT2D eigenvalue weighted by atomic mass is 32.2. The van der Waals surface area contributed by atoms with E-state index in [9.17, 15) is 16.8 Å². The van der Waals surface area contributed by atoms with Crippen LogP contribution >= 0.6 is 0 Å². The Bertz CT molecular complexity index is 546. The normalized spacial score (nSPS) is 33.1. The molecule has 0 aromatic rings. The summed E-state index contributed by atoms with van der Waals surface area (Å²) in [6.45, 7) is 3.12. The molecule has 0 saturated carbocycles. The van der Waals surface area contributed by atoms with Gasteiger partial charge in [0.1, 0.15) is 0 Å². The molecule has 2 aliphatic rings. The summed E-state index contributed by atoms with van der Waals surface area (Å²) in [4.78, 5) is 0. The molecule has 0 spiro atoms. The van der Waals surface area contributed by atoms with E-state index in [4.69, 9.17) is 5.73 Å². The Hall–Kier alpha value is -0.220. The molecule has 2 rings (SSSR count). The van der Waals surface area contributed by atoms with Gasteiger partial charge in [-0.1, -0.05) is 0 Å². The Balaban J connectivity index is 2.14. The maximum atomic E-state index is 12.6. The van der Waals surface area contributed by atoms with Crippen LogP contribution in [0.4, 0.5) is 0 Å². The Labute approximate surface area is 121 Å². The topological polar surface area (TPSA) is 101 Å². The van der Waals surface area contributed by atoms with E-state index in [1.807, 2.05) is 0 Å². The lowest BCUT2D eigenvalue weighted by Crippen LogP contribution is -2.56. The van der Waals surface area contributed by atoms with E-state index in [2.05, 4.69) is 0 Å². The van der Waals surface area contributed by atoms with Crippen LogP contribution in [-0.4, -0.2) is 69.2 Å². The minimum absolute atomic E-state index is 0.0512. The quantitative estimate of drug-likeness (QED) is 0.719. The molecule has 2 heterocycles. The minimum atomic E-state index is -3.58. The first-order valence-corrected chi connectivity index (χ1v) is 10.2. The summed E-state index contributed by atoms with van der Waals surface area (Å²) >= 11 is 0. The molecule has 2 fully saturated rings. The fourth-order valence-electron chi connectivity index (χ4n) is 2.90. The van der Waals surface area contributed by atoms with E-state index < -0.39 is 26.1 Å². The van der Waals surface area contributed by atoms with Crippen molar-refractivity contribution in [3.8, 4) is 0 Å². The van der Waals surface area contributed by atoms with E-state index in [1.54, 1.807) is 6.92 Å². The fourth-order valence-corrected chi connectivity index (χ4v) is 6.58. The van der Waals surface area contributed by atoms with Crippen molar-refractivity contribution in [3.63, 3.8) is 0 Å². The minimum Gasteiger partial charge on any atom is -0.330 e. The van der Waals surface area contributed by atoms with Crippen molar-refractivity contribution in [3.05, 3.63) is 0 Å². The van der Waals surface area contributed by atoms with Crippen LogP contribution in [0, 0.1) is 5.92 Å². The van der Waals surface area contributed by atoms with Gasteiger partial charge in [-0.3, -0.25) is 0 Å². The standard InChI is InChI=1S/C11H23N3O4S2/c1-10-9-19(15,16)6-5-14(10)20(17,18)13-4-2-3-11(7-12)8-13/h10-11H,2-9,12H2,1H3. The number of rotatable bonds is 3. The van der Waals surface area contributed by atoms with Crippen molar-refractivity contribution in [1.82, 2.24) is 8.61 Å². The monoisotopic (exact) mass is 325 g/mol. The number of sulfone groups is 1. The highest BCUT2D eigenvalue weighted by Crippen LogP contribution is 2.24. The van der Waals surface area contributed by atoms with Crippen LogP contribution in [0.15, 0.2) is 0 Å². The molecule has 2 aliphatic heterocycles. The lowest BCUT2D eigenvalue weighted by Gasteiger charge is -2.39. The lowest BCUT2D eigenvalue weighted by molar-refractivity contribution is 0.241. The summed E-state index contributed by atoms with van der Waals surface area (Å²) in [7, 11) is -6.70. The van der Waals surface area contributed by atoms with Gasteiger partial charge in [-0.2, -0.15) is 17.0 Å². The SMILES string of the molecule is CC1CS(=O)(=O)CCN1S(=O)(=O)N1CCCC(CN)C1. The molecule has 20 heavy (non-hydrogen) atoms. The molecule has 2 saturated heterocycles. The second-order valence-corrected chi connectivity index (χ2v) is 9.79. The molecule has 2 N–H and O–H groups in total. The lowest BCUT2D eigenvalue weighted by atomic mass is 10.0. The zero-order chi connectivity index (χ0) is 15.0. The van der Waals surface area contributed by atoms with Crippen LogP contribution in [-0.2, 0) is 20.0 Å². The Morgan fingerprint density at radius 2 is 2.00 bits per heavy atom. The van der Waals surface area contributed by atoms with Gasteiger partial charge in [-0.05, 0) is 32.2 Å². The van der Waals surface area contributed by atoms with Crippen molar-refractivity contribution in [2.75, 3.05) is 37.7 Å². The van der Waals surface area contributed by atoms with Gasteiger partial charge in [0, 0.05) is 25.7 Å². The van der Waals surface area contributed by atoms with Crippen LogP contribution in [0.2, 0.25) is 0 Å². The maximum Gasteiger partial charge on any atom is 0.282 e. The van der Waals surface area contributed by atoms with Gasteiger partial charge in [0.25, 0.3) is 10.2 Å². The van der Waals surface area contributed by atoms with Crippen LogP contribution < -0.4 is 5.73 Å². The predicted octanol–water partition coefficient (Wildman–Crippen LogP) is -0.979.